The van der Waals surface area contributed by atoms with Crippen molar-refractivity contribution in [1.82, 2.24) is 9.97 Å². The molecule has 0 amide bonds. The zero-order chi connectivity index (χ0) is 8.55. The van der Waals surface area contributed by atoms with Gasteiger partial charge in [0.05, 0.1) is 16.5 Å². The van der Waals surface area contributed by atoms with Crippen molar-refractivity contribution in [3.63, 3.8) is 0 Å². The number of hydrogen-bond donors (Lipinski definition) is 1. The van der Waals surface area contributed by atoms with Gasteiger partial charge in [-0.3, -0.25) is 0 Å². The number of fused-ring (bicyclic) bond motifs is 1. The standard InChI is InChI=1S/C9H11N2P/c1-2-6-5-8-7(3-4-10-8)11-9(6)12/h3-5,10H,2,12H2,1H3. The van der Waals surface area contributed by atoms with Gasteiger partial charge >= 0.3 is 0 Å². The molecule has 12 heavy (non-hydrogen) atoms. The molecule has 1 N–H and O–H groups in total. The molecule has 0 saturated carbocycles. The van der Waals surface area contributed by atoms with E-state index < -0.39 is 0 Å². The summed E-state index contributed by atoms with van der Waals surface area (Å²) in [7, 11) is 2.67. The Bertz CT molecular complexity index is 406. The molecule has 0 saturated heterocycles. The summed E-state index contributed by atoms with van der Waals surface area (Å²) < 4.78 is 0. The fourth-order valence-corrected chi connectivity index (χ4v) is 1.75. The highest BCUT2D eigenvalue weighted by Gasteiger charge is 2.01. The maximum atomic E-state index is 4.44. The van der Waals surface area contributed by atoms with E-state index >= 15 is 0 Å². The molecule has 2 nitrogen and oxygen atoms in total. The number of nitrogens with one attached hydrogen (secondary N) is 1. The third-order valence-electron chi connectivity index (χ3n) is 2.03. The molecule has 2 rings (SSSR count). The maximum Gasteiger partial charge on any atom is 0.0886 e. The summed E-state index contributed by atoms with van der Waals surface area (Å²) in [6, 6.07) is 4.15. The van der Waals surface area contributed by atoms with E-state index in [9.17, 15) is 0 Å². The van der Waals surface area contributed by atoms with E-state index in [1.165, 1.54) is 5.56 Å². The quantitative estimate of drug-likeness (QED) is 0.660. The largest absolute Gasteiger partial charge is 0.360 e. The lowest BCUT2D eigenvalue weighted by molar-refractivity contribution is 1.14. The summed E-state index contributed by atoms with van der Waals surface area (Å²) in [5.41, 5.74) is 4.51. The minimum absolute atomic E-state index is 1.03. The van der Waals surface area contributed by atoms with Crippen LogP contribution in [0, 0.1) is 0 Å². The van der Waals surface area contributed by atoms with Crippen molar-refractivity contribution >= 4 is 25.7 Å². The van der Waals surface area contributed by atoms with Crippen LogP contribution in [0.5, 0.6) is 0 Å². The minimum atomic E-state index is 1.03. The van der Waals surface area contributed by atoms with Gasteiger partial charge < -0.3 is 4.98 Å². The molecule has 0 fully saturated rings. The van der Waals surface area contributed by atoms with Crippen molar-refractivity contribution in [2.24, 2.45) is 0 Å². The van der Waals surface area contributed by atoms with Gasteiger partial charge in [0.25, 0.3) is 0 Å². The van der Waals surface area contributed by atoms with E-state index in [2.05, 4.69) is 32.2 Å². The van der Waals surface area contributed by atoms with Crippen molar-refractivity contribution in [3.8, 4) is 0 Å². The molecule has 2 heterocycles. The van der Waals surface area contributed by atoms with Gasteiger partial charge in [0.15, 0.2) is 0 Å². The van der Waals surface area contributed by atoms with Crippen molar-refractivity contribution in [3.05, 3.63) is 23.9 Å². The van der Waals surface area contributed by atoms with Gasteiger partial charge in [0.1, 0.15) is 0 Å². The third kappa shape index (κ3) is 1.12. The van der Waals surface area contributed by atoms with Gasteiger partial charge in [0.2, 0.25) is 0 Å². The molecule has 2 aromatic rings. The number of hydrogen-bond acceptors (Lipinski definition) is 1. The summed E-state index contributed by atoms with van der Waals surface area (Å²) >= 11 is 0. The molecule has 0 aromatic carbocycles. The van der Waals surface area contributed by atoms with E-state index in [0.29, 0.717) is 0 Å². The zero-order valence-electron chi connectivity index (χ0n) is 6.96. The number of pyridine rings is 1. The highest BCUT2D eigenvalue weighted by Crippen LogP contribution is 2.11. The van der Waals surface area contributed by atoms with Crippen molar-refractivity contribution < 1.29 is 0 Å². The zero-order valence-corrected chi connectivity index (χ0v) is 8.12. The van der Waals surface area contributed by atoms with Crippen LogP contribution in [-0.2, 0) is 6.42 Å². The Morgan fingerprint density at radius 1 is 1.58 bits per heavy atom. The molecule has 0 aliphatic heterocycles. The van der Waals surface area contributed by atoms with Crippen molar-refractivity contribution in [2.75, 3.05) is 0 Å². The van der Waals surface area contributed by atoms with Crippen molar-refractivity contribution in [2.45, 2.75) is 13.3 Å². The molecule has 1 unspecified atom stereocenters. The maximum absolute atomic E-state index is 4.44. The average Bonchev–Trinajstić information content (AvgIpc) is 2.49. The SMILES string of the molecule is CCc1cc2[nH]ccc2nc1P. The van der Waals surface area contributed by atoms with E-state index in [-0.39, 0.29) is 0 Å². The first-order chi connectivity index (χ1) is 5.81. The highest BCUT2D eigenvalue weighted by molar-refractivity contribution is 7.27. The summed E-state index contributed by atoms with van der Waals surface area (Å²) in [6.45, 7) is 2.14. The van der Waals surface area contributed by atoms with Crippen LogP contribution in [0.4, 0.5) is 0 Å². The molecule has 0 radical (unpaired) electrons. The van der Waals surface area contributed by atoms with E-state index in [0.717, 1.165) is 22.9 Å². The molecule has 1 atom stereocenters. The lowest BCUT2D eigenvalue weighted by Gasteiger charge is -2.00. The molecule has 0 spiro atoms. The molecule has 0 aliphatic carbocycles. The highest BCUT2D eigenvalue weighted by atomic mass is 31.0. The monoisotopic (exact) mass is 178 g/mol. The molecular formula is C9H11N2P. The lowest BCUT2D eigenvalue weighted by Crippen LogP contribution is -2.04. The number of H-pyrrole nitrogens is 1. The Balaban J connectivity index is 2.73. The van der Waals surface area contributed by atoms with Crippen LogP contribution in [0.2, 0.25) is 0 Å². The number of aromatic nitrogens is 2. The Kier molecular flexibility index (Phi) is 1.86. The number of aromatic amines is 1. The molecule has 62 valence electrons. The molecule has 0 bridgehead atoms. The number of aryl methyl sites for hydroxylation is 1. The summed E-state index contributed by atoms with van der Waals surface area (Å²) in [4.78, 5) is 7.59. The van der Waals surface area contributed by atoms with E-state index in [4.69, 9.17) is 0 Å². The van der Waals surface area contributed by atoms with Gasteiger partial charge in [-0.25, -0.2) is 4.98 Å². The summed E-state index contributed by atoms with van der Waals surface area (Å²) in [6.07, 6.45) is 2.95. The van der Waals surface area contributed by atoms with Crippen LogP contribution in [0.25, 0.3) is 11.0 Å². The topological polar surface area (TPSA) is 28.7 Å². The number of nitrogens with zero attached hydrogens (tertiary/aromatic N) is 1. The second-order valence-electron chi connectivity index (χ2n) is 2.80. The summed E-state index contributed by atoms with van der Waals surface area (Å²) in [5, 5.41) is 0. The Morgan fingerprint density at radius 2 is 2.42 bits per heavy atom. The fraction of sp³-hybridized carbons (Fsp3) is 0.222. The minimum Gasteiger partial charge on any atom is -0.360 e. The van der Waals surface area contributed by atoms with Crippen LogP contribution >= 0.6 is 9.24 Å². The molecule has 0 aliphatic rings. The predicted octanol–water partition coefficient (Wildman–Crippen LogP) is 1.63. The van der Waals surface area contributed by atoms with Crippen molar-refractivity contribution in [1.29, 1.82) is 0 Å². The lowest BCUT2D eigenvalue weighted by atomic mass is 10.2. The van der Waals surface area contributed by atoms with Crippen LogP contribution in [-0.4, -0.2) is 9.97 Å². The first kappa shape index (κ1) is 7.75. The predicted molar refractivity (Wildman–Crippen MR) is 54.8 cm³/mol. The van der Waals surface area contributed by atoms with Crippen LogP contribution in [0.15, 0.2) is 18.3 Å². The second-order valence-corrected chi connectivity index (χ2v) is 3.34. The molecule has 2 aromatic heterocycles. The van der Waals surface area contributed by atoms with E-state index in [1.54, 1.807) is 0 Å². The first-order valence-corrected chi connectivity index (χ1v) is 4.61. The third-order valence-corrected chi connectivity index (χ3v) is 2.53. The van der Waals surface area contributed by atoms with Gasteiger partial charge in [-0.15, -0.1) is 0 Å². The first-order valence-electron chi connectivity index (χ1n) is 4.03. The van der Waals surface area contributed by atoms with Gasteiger partial charge in [-0.1, -0.05) is 16.2 Å². The fourth-order valence-electron chi connectivity index (χ4n) is 1.32. The Morgan fingerprint density at radius 3 is 3.17 bits per heavy atom. The molecule has 3 heteroatoms. The molecular weight excluding hydrogens is 167 g/mol. The van der Waals surface area contributed by atoms with Gasteiger partial charge in [0, 0.05) is 6.20 Å². The summed E-state index contributed by atoms with van der Waals surface area (Å²) in [5.74, 6) is 0. The Labute approximate surface area is 73.6 Å². The van der Waals surface area contributed by atoms with Gasteiger partial charge in [-0.2, -0.15) is 0 Å². The smallest absolute Gasteiger partial charge is 0.0886 e. The Hall–Kier alpha value is -0.880. The van der Waals surface area contributed by atoms with E-state index in [1.807, 2.05) is 12.3 Å². The van der Waals surface area contributed by atoms with Crippen LogP contribution < -0.4 is 5.44 Å². The normalized spacial score (nSPS) is 10.8. The number of rotatable bonds is 1. The van der Waals surface area contributed by atoms with Crippen LogP contribution in [0.1, 0.15) is 12.5 Å². The van der Waals surface area contributed by atoms with Gasteiger partial charge in [-0.05, 0) is 24.1 Å². The second kappa shape index (κ2) is 2.87. The average molecular weight is 178 g/mol. The van der Waals surface area contributed by atoms with Crippen LogP contribution in [0.3, 0.4) is 0 Å².